The summed E-state index contributed by atoms with van der Waals surface area (Å²) >= 11 is 0. The van der Waals surface area contributed by atoms with Gasteiger partial charge in [0.05, 0.1) is 25.8 Å². The van der Waals surface area contributed by atoms with Crippen LogP contribution in [0.5, 0.6) is 5.75 Å². The van der Waals surface area contributed by atoms with E-state index in [0.717, 1.165) is 5.56 Å². The second-order valence-corrected chi connectivity index (χ2v) is 12.2. The van der Waals surface area contributed by atoms with Crippen molar-refractivity contribution in [1.29, 1.82) is 0 Å². The molecular weight excluding hydrogens is 526 g/mol. The van der Waals surface area contributed by atoms with E-state index in [1.807, 2.05) is 77.1 Å². The predicted molar refractivity (Wildman–Crippen MR) is 151 cm³/mol. The van der Waals surface area contributed by atoms with Gasteiger partial charge >= 0.3 is 12.2 Å². The number of ether oxygens (including phenoxy) is 4. The van der Waals surface area contributed by atoms with E-state index in [-0.39, 0.29) is 19.1 Å². The first kappa shape index (κ1) is 28.7. The minimum atomic E-state index is -1.19. The van der Waals surface area contributed by atoms with Gasteiger partial charge in [-0.05, 0) is 77.3 Å². The Labute approximate surface area is 241 Å². The molecule has 3 heterocycles. The Morgan fingerprint density at radius 1 is 1.02 bits per heavy atom. The Hall–Kier alpha value is -3.79. The molecule has 0 saturated carbocycles. The third-order valence-electron chi connectivity index (χ3n) is 8.03. The van der Waals surface area contributed by atoms with E-state index >= 15 is 0 Å². The topological polar surface area (TPSA) is 97.9 Å². The van der Waals surface area contributed by atoms with E-state index in [2.05, 4.69) is 0 Å². The first-order valence-electron chi connectivity index (χ1n) is 14.0. The number of amides is 3. The Bertz CT molecular complexity index is 1290. The smallest absolute Gasteiger partial charge is 0.412 e. The zero-order valence-electron chi connectivity index (χ0n) is 24.6. The van der Waals surface area contributed by atoms with Crippen LogP contribution in [-0.2, 0) is 25.6 Å². The quantitative estimate of drug-likeness (QED) is 0.473. The molecule has 0 N–H and O–H groups in total. The summed E-state index contributed by atoms with van der Waals surface area (Å²) in [6.07, 6.45) is -0.0166. The second kappa shape index (κ2) is 10.6. The van der Waals surface area contributed by atoms with Crippen LogP contribution in [-0.4, -0.2) is 77.1 Å². The summed E-state index contributed by atoms with van der Waals surface area (Å²) in [5.41, 5.74) is -1.42. The zero-order valence-corrected chi connectivity index (χ0v) is 24.6. The lowest BCUT2D eigenvalue weighted by atomic mass is 9.72. The van der Waals surface area contributed by atoms with E-state index < -0.39 is 41.1 Å². The molecule has 2 aromatic rings. The van der Waals surface area contributed by atoms with Crippen molar-refractivity contribution >= 4 is 23.8 Å². The molecule has 2 aromatic carbocycles. The SMILES string of the molecule is COc1ccc(N2C(=O)[C@]3(CCCN3C(=O)OCc3ccccc3)[C@H]2[C@@H]2COC(C)(C)N2C(=O)OC(C)(C)C)cc1. The lowest BCUT2D eigenvalue weighted by Gasteiger charge is -2.60. The molecule has 3 aliphatic heterocycles. The van der Waals surface area contributed by atoms with Crippen molar-refractivity contribution in [3.63, 3.8) is 0 Å². The summed E-state index contributed by atoms with van der Waals surface area (Å²) < 4.78 is 23.0. The van der Waals surface area contributed by atoms with Gasteiger partial charge in [0.25, 0.3) is 5.91 Å². The Morgan fingerprint density at radius 3 is 2.34 bits per heavy atom. The predicted octanol–water partition coefficient (Wildman–Crippen LogP) is 4.95. The van der Waals surface area contributed by atoms with E-state index in [0.29, 0.717) is 30.8 Å². The molecule has 3 amide bonds. The first-order chi connectivity index (χ1) is 19.4. The van der Waals surface area contributed by atoms with Crippen LogP contribution in [0, 0.1) is 0 Å². The number of methoxy groups -OCH3 is 1. The molecule has 1 spiro atoms. The van der Waals surface area contributed by atoms with Crippen LogP contribution in [0.25, 0.3) is 0 Å². The number of hydrogen-bond donors (Lipinski definition) is 0. The van der Waals surface area contributed by atoms with Gasteiger partial charge in [0.1, 0.15) is 29.2 Å². The van der Waals surface area contributed by atoms with Gasteiger partial charge in [-0.3, -0.25) is 14.6 Å². The molecule has 0 bridgehead atoms. The van der Waals surface area contributed by atoms with Gasteiger partial charge < -0.3 is 23.8 Å². The van der Waals surface area contributed by atoms with Crippen molar-refractivity contribution in [2.24, 2.45) is 0 Å². The molecule has 5 rings (SSSR count). The number of anilines is 1. The molecule has 0 unspecified atom stereocenters. The van der Waals surface area contributed by atoms with Crippen LogP contribution in [0.2, 0.25) is 0 Å². The number of benzene rings is 2. The monoisotopic (exact) mass is 565 g/mol. The molecule has 0 aromatic heterocycles. The largest absolute Gasteiger partial charge is 0.497 e. The summed E-state index contributed by atoms with van der Waals surface area (Å²) in [4.78, 5) is 46.2. The number of carbonyl (C=O) groups excluding carboxylic acids is 3. The minimum Gasteiger partial charge on any atom is -0.497 e. The number of likely N-dealkylation sites (tertiary alicyclic amines) is 1. The molecule has 3 fully saturated rings. The van der Waals surface area contributed by atoms with Crippen LogP contribution in [0.15, 0.2) is 54.6 Å². The van der Waals surface area contributed by atoms with Gasteiger partial charge in [0.2, 0.25) is 0 Å². The highest BCUT2D eigenvalue weighted by Gasteiger charge is 2.72. The average Bonchev–Trinajstić information content (AvgIpc) is 3.52. The van der Waals surface area contributed by atoms with Gasteiger partial charge in [-0.15, -0.1) is 0 Å². The molecule has 3 atom stereocenters. The standard InChI is InChI=1S/C31H39N3O7/c1-29(2,3)41-28(37)34-24(20-40-30(34,4)5)25-31(26(35)33(25)22-13-15-23(38-6)16-14-22)17-10-18-32(31)27(36)39-19-21-11-8-7-9-12-21/h7-9,11-16,24-25H,10,17-20H2,1-6H3/t24-,25+,31-/m0/s1. The fourth-order valence-electron chi connectivity index (χ4n) is 6.27. The van der Waals surface area contributed by atoms with Gasteiger partial charge in [-0.2, -0.15) is 0 Å². The zero-order chi connectivity index (χ0) is 29.6. The van der Waals surface area contributed by atoms with Crippen LogP contribution in [0.3, 0.4) is 0 Å². The van der Waals surface area contributed by atoms with Crippen LogP contribution in [0.1, 0.15) is 53.0 Å². The first-order valence-corrected chi connectivity index (χ1v) is 14.0. The maximum Gasteiger partial charge on any atom is 0.412 e. The average molecular weight is 566 g/mol. The number of rotatable bonds is 5. The third kappa shape index (κ3) is 5.09. The van der Waals surface area contributed by atoms with E-state index in [9.17, 15) is 14.4 Å². The highest BCUT2D eigenvalue weighted by Crippen LogP contribution is 2.51. The number of carbonyl (C=O) groups is 3. The van der Waals surface area contributed by atoms with E-state index in [1.54, 1.807) is 33.9 Å². The fourth-order valence-corrected chi connectivity index (χ4v) is 6.27. The summed E-state index contributed by atoms with van der Waals surface area (Å²) in [5, 5.41) is 0. The summed E-state index contributed by atoms with van der Waals surface area (Å²) in [5.74, 6) is 0.441. The van der Waals surface area contributed by atoms with Gasteiger partial charge in [0, 0.05) is 12.2 Å². The molecule has 41 heavy (non-hydrogen) atoms. The van der Waals surface area contributed by atoms with E-state index in [4.69, 9.17) is 18.9 Å². The molecule has 10 nitrogen and oxygen atoms in total. The number of hydrogen-bond acceptors (Lipinski definition) is 7. The number of β-lactam (4-membered cyclic amide) rings is 1. The van der Waals surface area contributed by atoms with Crippen molar-refractivity contribution in [2.75, 3.05) is 25.2 Å². The van der Waals surface area contributed by atoms with Crippen molar-refractivity contribution in [1.82, 2.24) is 9.80 Å². The molecular formula is C31H39N3O7. The number of nitrogens with zero attached hydrogens (tertiary/aromatic N) is 3. The maximum atomic E-state index is 14.2. The Balaban J connectivity index is 1.52. The Kier molecular flexibility index (Phi) is 7.40. The van der Waals surface area contributed by atoms with Crippen LogP contribution >= 0.6 is 0 Å². The summed E-state index contributed by atoms with van der Waals surface area (Å²) in [6, 6.07) is 15.4. The molecule has 3 aliphatic rings. The van der Waals surface area contributed by atoms with Gasteiger partial charge in [0.15, 0.2) is 0 Å². The highest BCUT2D eigenvalue weighted by atomic mass is 16.6. The van der Waals surface area contributed by atoms with Gasteiger partial charge in [-0.25, -0.2) is 9.59 Å². The van der Waals surface area contributed by atoms with Crippen LogP contribution in [0.4, 0.5) is 15.3 Å². The van der Waals surface area contributed by atoms with Gasteiger partial charge in [-0.1, -0.05) is 30.3 Å². The van der Waals surface area contributed by atoms with Crippen molar-refractivity contribution in [3.8, 4) is 5.75 Å². The summed E-state index contributed by atoms with van der Waals surface area (Å²) in [7, 11) is 1.58. The van der Waals surface area contributed by atoms with Crippen LogP contribution < -0.4 is 9.64 Å². The molecule has 3 saturated heterocycles. The lowest BCUT2D eigenvalue weighted by Crippen LogP contribution is -2.84. The second-order valence-electron chi connectivity index (χ2n) is 12.2. The molecule has 10 heteroatoms. The minimum absolute atomic E-state index is 0.0942. The fraction of sp³-hybridized carbons (Fsp3) is 0.516. The maximum absolute atomic E-state index is 14.2. The highest BCUT2D eigenvalue weighted by molar-refractivity contribution is 6.11. The van der Waals surface area contributed by atoms with E-state index in [1.165, 1.54) is 0 Å². The van der Waals surface area contributed by atoms with Crippen molar-refractivity contribution < 1.29 is 33.3 Å². The van der Waals surface area contributed by atoms with Crippen molar-refractivity contribution in [3.05, 3.63) is 60.2 Å². The molecule has 0 aliphatic carbocycles. The Morgan fingerprint density at radius 2 is 1.71 bits per heavy atom. The molecule has 220 valence electrons. The van der Waals surface area contributed by atoms with Crippen molar-refractivity contribution in [2.45, 2.75) is 83.0 Å². The summed E-state index contributed by atoms with van der Waals surface area (Å²) in [6.45, 7) is 9.68. The normalized spacial score (nSPS) is 25.3. The molecule has 0 radical (unpaired) electrons. The third-order valence-corrected chi connectivity index (χ3v) is 8.03. The lowest BCUT2D eigenvalue weighted by molar-refractivity contribution is -0.143.